The van der Waals surface area contributed by atoms with Crippen molar-refractivity contribution in [2.45, 2.75) is 32.7 Å². The predicted octanol–water partition coefficient (Wildman–Crippen LogP) is 4.21. The van der Waals surface area contributed by atoms with Gasteiger partial charge in [0.15, 0.2) is 0 Å². The van der Waals surface area contributed by atoms with Gasteiger partial charge in [0.2, 0.25) is 5.91 Å². The summed E-state index contributed by atoms with van der Waals surface area (Å²) < 4.78 is 1.22. The second-order valence-corrected chi connectivity index (χ2v) is 7.23. The number of amides is 1. The molecule has 1 amide bonds. The molecule has 0 saturated heterocycles. The monoisotopic (exact) mass is 353 g/mol. The van der Waals surface area contributed by atoms with E-state index in [1.54, 1.807) is 11.3 Å². The molecule has 3 aromatic rings. The van der Waals surface area contributed by atoms with Gasteiger partial charge in [0, 0.05) is 12.1 Å². The van der Waals surface area contributed by atoms with Crippen LogP contribution in [0.5, 0.6) is 0 Å². The number of benzene rings is 2. The minimum atomic E-state index is -0.192. The summed E-state index contributed by atoms with van der Waals surface area (Å²) in [4.78, 5) is 16.8. The number of hydrogen-bond acceptors (Lipinski definition) is 4. The maximum Gasteiger partial charge on any atom is 0.241 e. The van der Waals surface area contributed by atoms with Gasteiger partial charge < -0.3 is 10.6 Å². The highest BCUT2D eigenvalue weighted by atomic mass is 32.1. The molecule has 4 nitrogen and oxygen atoms in total. The van der Waals surface area contributed by atoms with Crippen molar-refractivity contribution >= 4 is 33.1 Å². The highest BCUT2D eigenvalue weighted by molar-refractivity contribution is 7.18. The van der Waals surface area contributed by atoms with E-state index >= 15 is 0 Å². The van der Waals surface area contributed by atoms with E-state index in [0.29, 0.717) is 0 Å². The van der Waals surface area contributed by atoms with Crippen LogP contribution < -0.4 is 10.6 Å². The summed E-state index contributed by atoms with van der Waals surface area (Å²) in [5.41, 5.74) is 3.07. The van der Waals surface area contributed by atoms with Crippen LogP contribution in [0.25, 0.3) is 10.2 Å². The number of carbonyl (C=O) groups excluding carboxylic acids is 1. The van der Waals surface area contributed by atoms with E-state index in [4.69, 9.17) is 0 Å². The zero-order valence-electron chi connectivity index (χ0n) is 14.6. The third kappa shape index (κ3) is 4.65. The highest BCUT2D eigenvalue weighted by Crippen LogP contribution is 2.24. The Hall–Kier alpha value is -2.24. The van der Waals surface area contributed by atoms with Crippen molar-refractivity contribution in [1.82, 2.24) is 10.3 Å². The minimum Gasteiger partial charge on any atom is -0.325 e. The van der Waals surface area contributed by atoms with Crippen molar-refractivity contribution in [1.29, 1.82) is 0 Å². The average Bonchev–Trinajstić information content (AvgIpc) is 3.03. The number of fused-ring (bicyclic) bond motifs is 1. The van der Waals surface area contributed by atoms with E-state index in [9.17, 15) is 4.79 Å². The molecule has 0 spiro atoms. The molecule has 1 heterocycles. The van der Waals surface area contributed by atoms with Gasteiger partial charge in [-0.05, 0) is 49.7 Å². The van der Waals surface area contributed by atoms with Crippen molar-refractivity contribution in [2.75, 3.05) is 11.9 Å². The molecule has 0 aliphatic carbocycles. The van der Waals surface area contributed by atoms with E-state index in [2.05, 4.69) is 28.6 Å². The first-order valence-corrected chi connectivity index (χ1v) is 9.45. The zero-order chi connectivity index (χ0) is 17.6. The van der Waals surface area contributed by atoms with Gasteiger partial charge in [-0.3, -0.25) is 4.79 Å². The zero-order valence-corrected chi connectivity index (χ0v) is 15.4. The summed E-state index contributed by atoms with van der Waals surface area (Å²) in [5.74, 6) is -0.00706. The summed E-state index contributed by atoms with van der Waals surface area (Å²) in [7, 11) is 0. The average molecular weight is 353 g/mol. The van der Waals surface area contributed by atoms with E-state index in [0.717, 1.165) is 35.6 Å². The molecular formula is C20H23N3OS. The van der Waals surface area contributed by atoms with Gasteiger partial charge in [-0.25, -0.2) is 4.98 Å². The standard InChI is InChI=1S/C20H23N3OS/c1-3-12-21-14(2)20(24)22-16-10-8-15(9-11-16)13-19-23-17-6-4-5-7-18(17)25-19/h4-11,14,21H,3,12-13H2,1-2H3,(H,22,24). The van der Waals surface area contributed by atoms with Crippen LogP contribution in [0.3, 0.4) is 0 Å². The van der Waals surface area contributed by atoms with Gasteiger partial charge in [0.1, 0.15) is 0 Å². The molecule has 5 heteroatoms. The normalized spacial score (nSPS) is 12.2. The van der Waals surface area contributed by atoms with Crippen LogP contribution in [0.15, 0.2) is 48.5 Å². The smallest absolute Gasteiger partial charge is 0.241 e. The largest absolute Gasteiger partial charge is 0.325 e. The summed E-state index contributed by atoms with van der Waals surface area (Å²) in [6.45, 7) is 4.81. The molecule has 3 rings (SSSR count). The highest BCUT2D eigenvalue weighted by Gasteiger charge is 2.11. The summed E-state index contributed by atoms with van der Waals surface area (Å²) in [6, 6.07) is 16.0. The second-order valence-electron chi connectivity index (χ2n) is 6.11. The fourth-order valence-corrected chi connectivity index (χ4v) is 3.58. The van der Waals surface area contributed by atoms with Gasteiger partial charge in [-0.15, -0.1) is 11.3 Å². The number of nitrogens with one attached hydrogen (secondary N) is 2. The molecule has 25 heavy (non-hydrogen) atoms. The number of aromatic nitrogens is 1. The Bertz CT molecular complexity index is 809. The molecular weight excluding hydrogens is 330 g/mol. The lowest BCUT2D eigenvalue weighted by Gasteiger charge is -2.13. The third-order valence-electron chi connectivity index (χ3n) is 4.01. The molecule has 0 bridgehead atoms. The maximum absolute atomic E-state index is 12.1. The predicted molar refractivity (Wildman–Crippen MR) is 105 cm³/mol. The summed E-state index contributed by atoms with van der Waals surface area (Å²) in [6.07, 6.45) is 1.82. The molecule has 1 aromatic heterocycles. The van der Waals surface area contributed by atoms with E-state index in [1.807, 2.05) is 49.4 Å². The molecule has 0 radical (unpaired) electrons. The lowest BCUT2D eigenvalue weighted by atomic mass is 10.1. The van der Waals surface area contributed by atoms with E-state index in [1.165, 1.54) is 10.3 Å². The van der Waals surface area contributed by atoms with Crippen molar-refractivity contribution in [2.24, 2.45) is 0 Å². The van der Waals surface area contributed by atoms with Gasteiger partial charge >= 0.3 is 0 Å². The lowest BCUT2D eigenvalue weighted by Crippen LogP contribution is -2.38. The SMILES string of the molecule is CCCNC(C)C(=O)Nc1ccc(Cc2nc3ccccc3s2)cc1. The summed E-state index contributed by atoms with van der Waals surface area (Å²) in [5, 5.41) is 7.25. The third-order valence-corrected chi connectivity index (χ3v) is 5.05. The van der Waals surface area contributed by atoms with Crippen LogP contribution in [-0.2, 0) is 11.2 Å². The van der Waals surface area contributed by atoms with Crippen LogP contribution in [0.4, 0.5) is 5.69 Å². The van der Waals surface area contributed by atoms with Crippen LogP contribution >= 0.6 is 11.3 Å². The van der Waals surface area contributed by atoms with Gasteiger partial charge in [-0.1, -0.05) is 31.2 Å². The van der Waals surface area contributed by atoms with Gasteiger partial charge in [0.25, 0.3) is 0 Å². The van der Waals surface area contributed by atoms with Crippen LogP contribution in [-0.4, -0.2) is 23.5 Å². The molecule has 2 N–H and O–H groups in total. The fourth-order valence-electron chi connectivity index (χ4n) is 2.58. The molecule has 1 unspecified atom stereocenters. The van der Waals surface area contributed by atoms with Crippen LogP contribution in [0.1, 0.15) is 30.8 Å². The Morgan fingerprint density at radius 1 is 1.16 bits per heavy atom. The number of anilines is 1. The van der Waals surface area contributed by atoms with Crippen LogP contribution in [0, 0.1) is 0 Å². The molecule has 0 saturated carbocycles. The number of carbonyl (C=O) groups is 1. The van der Waals surface area contributed by atoms with Crippen molar-refractivity contribution < 1.29 is 4.79 Å². The number of nitrogens with zero attached hydrogens (tertiary/aromatic N) is 1. The molecule has 130 valence electrons. The molecule has 0 fully saturated rings. The van der Waals surface area contributed by atoms with Crippen molar-refractivity contribution in [3.05, 3.63) is 59.1 Å². The number of para-hydroxylation sites is 1. The lowest BCUT2D eigenvalue weighted by molar-refractivity contribution is -0.117. The topological polar surface area (TPSA) is 54.0 Å². The number of hydrogen-bond donors (Lipinski definition) is 2. The molecule has 2 aromatic carbocycles. The van der Waals surface area contributed by atoms with Gasteiger partial charge in [-0.2, -0.15) is 0 Å². The Morgan fingerprint density at radius 3 is 2.64 bits per heavy atom. The molecule has 0 aliphatic heterocycles. The minimum absolute atomic E-state index is 0.00706. The van der Waals surface area contributed by atoms with E-state index < -0.39 is 0 Å². The second kappa shape index (κ2) is 8.23. The molecule has 1 atom stereocenters. The first-order chi connectivity index (χ1) is 12.2. The number of thiazole rings is 1. The first-order valence-electron chi connectivity index (χ1n) is 8.63. The van der Waals surface area contributed by atoms with E-state index in [-0.39, 0.29) is 11.9 Å². The van der Waals surface area contributed by atoms with Crippen molar-refractivity contribution in [3.8, 4) is 0 Å². The Labute approximate surface area is 152 Å². The molecule has 0 aliphatic rings. The van der Waals surface area contributed by atoms with Crippen molar-refractivity contribution in [3.63, 3.8) is 0 Å². The number of rotatable bonds is 7. The Balaban J connectivity index is 1.61. The maximum atomic E-state index is 12.1. The van der Waals surface area contributed by atoms with Gasteiger partial charge in [0.05, 0.1) is 21.3 Å². The summed E-state index contributed by atoms with van der Waals surface area (Å²) >= 11 is 1.73. The van der Waals surface area contributed by atoms with Crippen LogP contribution in [0.2, 0.25) is 0 Å². The Morgan fingerprint density at radius 2 is 1.92 bits per heavy atom. The quantitative estimate of drug-likeness (QED) is 0.669. The first kappa shape index (κ1) is 17.6. The Kier molecular flexibility index (Phi) is 5.79. The fraction of sp³-hybridized carbons (Fsp3) is 0.300.